The van der Waals surface area contributed by atoms with Gasteiger partial charge in [0.1, 0.15) is 5.82 Å². The first-order valence-corrected chi connectivity index (χ1v) is 9.42. The van der Waals surface area contributed by atoms with Crippen molar-refractivity contribution in [2.45, 2.75) is 45.9 Å². The van der Waals surface area contributed by atoms with Crippen LogP contribution in [0.15, 0.2) is 42.5 Å². The van der Waals surface area contributed by atoms with Gasteiger partial charge in [-0.15, -0.1) is 0 Å². The summed E-state index contributed by atoms with van der Waals surface area (Å²) in [5.74, 6) is -0.327. The summed E-state index contributed by atoms with van der Waals surface area (Å²) in [5, 5.41) is 2.88. The summed E-state index contributed by atoms with van der Waals surface area (Å²) >= 11 is 0. The Labute approximate surface area is 160 Å². The zero-order valence-electron chi connectivity index (χ0n) is 16.2. The van der Waals surface area contributed by atoms with Crippen LogP contribution >= 0.6 is 0 Å². The Bertz CT molecular complexity index is 799. The maximum Gasteiger partial charge on any atom is 0.224 e. The lowest BCUT2D eigenvalue weighted by Gasteiger charge is -2.37. The highest BCUT2D eigenvalue weighted by atomic mass is 19.1. The molecule has 144 valence electrons. The number of aryl methyl sites for hydroxylation is 1. The minimum atomic E-state index is -0.262. The molecule has 2 aromatic rings. The molecule has 0 aromatic heterocycles. The number of anilines is 1. The van der Waals surface area contributed by atoms with Crippen molar-refractivity contribution in [3.63, 3.8) is 0 Å². The number of morpholine rings is 1. The lowest BCUT2D eigenvalue weighted by Crippen LogP contribution is -2.45. The van der Waals surface area contributed by atoms with Crippen LogP contribution in [-0.2, 0) is 22.5 Å². The molecule has 2 unspecified atom stereocenters. The molecule has 1 saturated heterocycles. The number of amides is 1. The molecule has 5 heteroatoms. The van der Waals surface area contributed by atoms with Gasteiger partial charge in [0.15, 0.2) is 0 Å². The maximum absolute atomic E-state index is 14.6. The van der Waals surface area contributed by atoms with E-state index in [9.17, 15) is 9.18 Å². The average molecular weight is 370 g/mol. The predicted octanol–water partition coefficient (Wildman–Crippen LogP) is 3.61. The molecule has 1 amide bonds. The smallest absolute Gasteiger partial charge is 0.224 e. The lowest BCUT2D eigenvalue weighted by atomic mass is 10.1. The topological polar surface area (TPSA) is 41.6 Å². The first-order valence-electron chi connectivity index (χ1n) is 9.42. The van der Waals surface area contributed by atoms with Crippen molar-refractivity contribution in [2.24, 2.45) is 0 Å². The first kappa shape index (κ1) is 19.4. The SMILES string of the molecule is Cc1ccccc1CC(=O)NCc1ccc(N2CC(C)OC(C)C2)c(F)c1. The molecule has 1 aliphatic heterocycles. The van der Waals surface area contributed by atoms with E-state index in [1.54, 1.807) is 6.07 Å². The minimum absolute atomic E-state index is 0.0652. The van der Waals surface area contributed by atoms with Crippen LogP contribution in [0.1, 0.15) is 30.5 Å². The van der Waals surface area contributed by atoms with E-state index in [4.69, 9.17) is 4.74 Å². The molecular formula is C22H27FN2O2. The predicted molar refractivity (Wildman–Crippen MR) is 105 cm³/mol. The third-order valence-corrected chi connectivity index (χ3v) is 4.87. The number of benzene rings is 2. The van der Waals surface area contributed by atoms with Crippen molar-refractivity contribution >= 4 is 11.6 Å². The molecule has 1 fully saturated rings. The summed E-state index contributed by atoms with van der Waals surface area (Å²) in [6.45, 7) is 7.65. The van der Waals surface area contributed by atoms with E-state index in [0.29, 0.717) is 31.7 Å². The summed E-state index contributed by atoms with van der Waals surface area (Å²) in [4.78, 5) is 14.2. The van der Waals surface area contributed by atoms with Crippen LogP contribution in [0.4, 0.5) is 10.1 Å². The molecule has 0 aliphatic carbocycles. The number of hydrogen-bond donors (Lipinski definition) is 1. The van der Waals surface area contributed by atoms with Crippen molar-refractivity contribution < 1.29 is 13.9 Å². The third-order valence-electron chi connectivity index (χ3n) is 4.87. The molecule has 1 heterocycles. The minimum Gasteiger partial charge on any atom is -0.372 e. The van der Waals surface area contributed by atoms with Crippen molar-refractivity contribution in [1.29, 1.82) is 0 Å². The normalized spacial score (nSPS) is 19.8. The Balaban J connectivity index is 1.59. The van der Waals surface area contributed by atoms with Gasteiger partial charge in [-0.25, -0.2) is 4.39 Å². The summed E-state index contributed by atoms with van der Waals surface area (Å²) in [6.07, 6.45) is 0.485. The highest BCUT2D eigenvalue weighted by Gasteiger charge is 2.24. The van der Waals surface area contributed by atoms with Crippen LogP contribution in [0.5, 0.6) is 0 Å². The highest BCUT2D eigenvalue weighted by molar-refractivity contribution is 5.78. The molecule has 0 spiro atoms. The van der Waals surface area contributed by atoms with Gasteiger partial charge in [-0.1, -0.05) is 30.3 Å². The fourth-order valence-corrected chi connectivity index (χ4v) is 3.54. The van der Waals surface area contributed by atoms with Gasteiger partial charge in [0.05, 0.1) is 24.3 Å². The summed E-state index contributed by atoms with van der Waals surface area (Å²) < 4.78 is 20.3. The average Bonchev–Trinajstić information content (AvgIpc) is 2.61. The molecule has 3 rings (SSSR count). The number of ether oxygens (including phenoxy) is 1. The van der Waals surface area contributed by atoms with Crippen LogP contribution in [0.2, 0.25) is 0 Å². The largest absolute Gasteiger partial charge is 0.372 e. The summed E-state index contributed by atoms with van der Waals surface area (Å²) in [5.41, 5.74) is 3.44. The highest BCUT2D eigenvalue weighted by Crippen LogP contribution is 2.24. The number of nitrogens with zero attached hydrogens (tertiary/aromatic N) is 1. The molecule has 4 nitrogen and oxygen atoms in total. The van der Waals surface area contributed by atoms with E-state index in [1.807, 2.05) is 56.0 Å². The van der Waals surface area contributed by atoms with Gasteiger partial charge >= 0.3 is 0 Å². The molecule has 0 radical (unpaired) electrons. The Hall–Kier alpha value is -2.40. The van der Waals surface area contributed by atoms with Gasteiger partial charge in [0.2, 0.25) is 5.91 Å². The molecule has 2 aromatic carbocycles. The van der Waals surface area contributed by atoms with Gasteiger partial charge in [0, 0.05) is 19.6 Å². The number of carbonyl (C=O) groups is 1. The number of halogens is 1. The van der Waals surface area contributed by atoms with E-state index >= 15 is 0 Å². The van der Waals surface area contributed by atoms with Crippen LogP contribution in [0.25, 0.3) is 0 Å². The fourth-order valence-electron chi connectivity index (χ4n) is 3.54. The summed E-state index contributed by atoms with van der Waals surface area (Å²) in [6, 6.07) is 13.0. The van der Waals surface area contributed by atoms with Gasteiger partial charge in [-0.2, -0.15) is 0 Å². The van der Waals surface area contributed by atoms with E-state index in [0.717, 1.165) is 16.7 Å². The number of hydrogen-bond acceptors (Lipinski definition) is 3. The number of nitrogens with one attached hydrogen (secondary N) is 1. The lowest BCUT2D eigenvalue weighted by molar-refractivity contribution is -0.120. The van der Waals surface area contributed by atoms with Crippen molar-refractivity contribution in [3.05, 3.63) is 65.0 Å². The van der Waals surface area contributed by atoms with Gasteiger partial charge < -0.3 is 15.0 Å². The Kier molecular flexibility index (Phi) is 6.11. The van der Waals surface area contributed by atoms with Crippen molar-refractivity contribution in [1.82, 2.24) is 5.32 Å². The van der Waals surface area contributed by atoms with Gasteiger partial charge in [-0.3, -0.25) is 4.79 Å². The second kappa shape index (κ2) is 8.53. The number of rotatable bonds is 5. The Morgan fingerprint density at radius 1 is 1.19 bits per heavy atom. The quantitative estimate of drug-likeness (QED) is 0.874. The van der Waals surface area contributed by atoms with Crippen molar-refractivity contribution in [2.75, 3.05) is 18.0 Å². The monoisotopic (exact) mass is 370 g/mol. The van der Waals surface area contributed by atoms with Crippen LogP contribution in [-0.4, -0.2) is 31.2 Å². The van der Waals surface area contributed by atoms with E-state index in [-0.39, 0.29) is 23.9 Å². The molecule has 1 N–H and O–H groups in total. The van der Waals surface area contributed by atoms with Gasteiger partial charge in [0.25, 0.3) is 0 Å². The van der Waals surface area contributed by atoms with E-state index < -0.39 is 0 Å². The Morgan fingerprint density at radius 3 is 2.56 bits per heavy atom. The van der Waals surface area contributed by atoms with E-state index in [2.05, 4.69) is 5.32 Å². The van der Waals surface area contributed by atoms with Gasteiger partial charge in [-0.05, 0) is 49.6 Å². The molecule has 0 bridgehead atoms. The summed E-state index contributed by atoms with van der Waals surface area (Å²) in [7, 11) is 0. The zero-order valence-corrected chi connectivity index (χ0v) is 16.2. The molecule has 0 saturated carbocycles. The van der Waals surface area contributed by atoms with E-state index in [1.165, 1.54) is 6.07 Å². The second-order valence-electron chi connectivity index (χ2n) is 7.33. The molecule has 27 heavy (non-hydrogen) atoms. The number of carbonyl (C=O) groups excluding carboxylic acids is 1. The molecule has 1 aliphatic rings. The second-order valence-corrected chi connectivity index (χ2v) is 7.33. The standard InChI is InChI=1S/C22H27FN2O2/c1-15-6-4-5-7-19(15)11-22(26)24-12-18-8-9-21(20(23)10-18)25-13-16(2)27-17(3)14-25/h4-10,16-17H,11-14H2,1-3H3,(H,24,26). The zero-order chi connectivity index (χ0) is 19.4. The first-order chi connectivity index (χ1) is 12.9. The van der Waals surface area contributed by atoms with Crippen LogP contribution in [0, 0.1) is 12.7 Å². The van der Waals surface area contributed by atoms with Crippen LogP contribution in [0.3, 0.4) is 0 Å². The molecule has 2 atom stereocenters. The maximum atomic E-state index is 14.6. The Morgan fingerprint density at radius 2 is 1.89 bits per heavy atom. The fraction of sp³-hybridized carbons (Fsp3) is 0.409. The molecular weight excluding hydrogens is 343 g/mol. The van der Waals surface area contributed by atoms with Crippen molar-refractivity contribution in [3.8, 4) is 0 Å². The third kappa shape index (κ3) is 5.07. The van der Waals surface area contributed by atoms with Crippen LogP contribution < -0.4 is 10.2 Å².